The van der Waals surface area contributed by atoms with E-state index in [0.717, 1.165) is 49.7 Å². The van der Waals surface area contributed by atoms with E-state index in [1.807, 2.05) is 31.3 Å². The molecule has 5 heteroatoms. The van der Waals surface area contributed by atoms with E-state index in [-0.39, 0.29) is 11.8 Å². The molecule has 0 aliphatic carbocycles. The first-order valence-corrected chi connectivity index (χ1v) is 9.99. The van der Waals surface area contributed by atoms with Crippen molar-refractivity contribution < 1.29 is 4.79 Å². The van der Waals surface area contributed by atoms with Gasteiger partial charge in [-0.15, -0.1) is 0 Å². The summed E-state index contributed by atoms with van der Waals surface area (Å²) in [4.78, 5) is 19.3. The number of piperidine rings is 1. The van der Waals surface area contributed by atoms with Crippen molar-refractivity contribution in [1.82, 2.24) is 10.3 Å². The molecule has 2 N–H and O–H groups in total. The maximum absolute atomic E-state index is 12.7. The Kier molecular flexibility index (Phi) is 5.39. The molecule has 0 saturated carbocycles. The lowest BCUT2D eigenvalue weighted by Gasteiger charge is -2.23. The molecule has 4 rings (SSSR count). The molecule has 1 atom stereocenters. The van der Waals surface area contributed by atoms with Crippen molar-refractivity contribution >= 4 is 17.3 Å². The normalized spacial score (nSPS) is 20.6. The Bertz CT molecular complexity index is 783. The summed E-state index contributed by atoms with van der Waals surface area (Å²) in [6, 6.07) is 12.5. The summed E-state index contributed by atoms with van der Waals surface area (Å²) >= 11 is 0. The maximum Gasteiger partial charge on any atom is 0.229 e. The molecule has 1 aromatic carbocycles. The standard InChI is InChI=1S/C22H28N4O/c1-16-21(3-2-11-24-16)26-14-10-19(15-26)22(27)25-20-6-4-17(5-7-20)18-8-12-23-13-9-18/h2-7,11,18-19,23H,8-10,12-15H2,1H3,(H,25,27)/t19-/m0/s1. The third-order valence-electron chi connectivity index (χ3n) is 5.87. The van der Waals surface area contributed by atoms with Crippen molar-refractivity contribution in [2.45, 2.75) is 32.1 Å². The van der Waals surface area contributed by atoms with Gasteiger partial charge >= 0.3 is 0 Å². The highest BCUT2D eigenvalue weighted by atomic mass is 16.1. The summed E-state index contributed by atoms with van der Waals surface area (Å²) in [5, 5.41) is 6.51. The molecule has 0 spiro atoms. The number of anilines is 2. The Hall–Kier alpha value is -2.40. The lowest BCUT2D eigenvalue weighted by atomic mass is 9.90. The molecule has 0 bridgehead atoms. The number of aryl methyl sites for hydroxylation is 1. The van der Waals surface area contributed by atoms with Crippen LogP contribution in [0.3, 0.4) is 0 Å². The van der Waals surface area contributed by atoms with E-state index in [1.54, 1.807) is 0 Å². The maximum atomic E-state index is 12.7. The molecule has 2 aliphatic rings. The fourth-order valence-electron chi connectivity index (χ4n) is 4.24. The highest BCUT2D eigenvalue weighted by Gasteiger charge is 2.29. The van der Waals surface area contributed by atoms with Crippen LogP contribution in [-0.4, -0.2) is 37.1 Å². The Labute approximate surface area is 161 Å². The van der Waals surface area contributed by atoms with Crippen molar-refractivity contribution in [2.24, 2.45) is 5.92 Å². The molecule has 2 fully saturated rings. The summed E-state index contributed by atoms with van der Waals surface area (Å²) in [5.74, 6) is 0.782. The van der Waals surface area contributed by atoms with E-state index in [0.29, 0.717) is 5.92 Å². The van der Waals surface area contributed by atoms with E-state index in [2.05, 4.69) is 38.7 Å². The Morgan fingerprint density at radius 1 is 1.15 bits per heavy atom. The number of rotatable bonds is 4. The minimum absolute atomic E-state index is 0.0219. The number of carbonyl (C=O) groups excluding carboxylic acids is 1. The first kappa shape index (κ1) is 18.0. The highest BCUT2D eigenvalue weighted by molar-refractivity contribution is 5.93. The minimum atomic E-state index is 0.0219. The van der Waals surface area contributed by atoms with Crippen molar-refractivity contribution in [3.05, 3.63) is 53.9 Å². The average molecular weight is 364 g/mol. The van der Waals surface area contributed by atoms with Gasteiger partial charge in [-0.2, -0.15) is 0 Å². The number of hydrogen-bond donors (Lipinski definition) is 2. The number of carbonyl (C=O) groups is 1. The molecular formula is C22H28N4O. The highest BCUT2D eigenvalue weighted by Crippen LogP contribution is 2.28. The Morgan fingerprint density at radius 2 is 1.93 bits per heavy atom. The predicted molar refractivity (Wildman–Crippen MR) is 109 cm³/mol. The van der Waals surface area contributed by atoms with Crippen LogP contribution in [0.15, 0.2) is 42.6 Å². The SMILES string of the molecule is Cc1ncccc1N1CC[C@H](C(=O)Nc2ccc(C3CCNCC3)cc2)C1. The van der Waals surface area contributed by atoms with Crippen molar-refractivity contribution in [1.29, 1.82) is 0 Å². The van der Waals surface area contributed by atoms with Crippen LogP contribution in [0.1, 0.15) is 36.4 Å². The molecule has 1 amide bonds. The quantitative estimate of drug-likeness (QED) is 0.874. The van der Waals surface area contributed by atoms with Crippen LogP contribution < -0.4 is 15.5 Å². The molecule has 2 saturated heterocycles. The van der Waals surface area contributed by atoms with Crippen LogP contribution in [-0.2, 0) is 4.79 Å². The number of aromatic nitrogens is 1. The molecule has 1 aromatic heterocycles. The third-order valence-corrected chi connectivity index (χ3v) is 5.87. The van der Waals surface area contributed by atoms with E-state index in [4.69, 9.17) is 0 Å². The molecule has 2 aromatic rings. The number of pyridine rings is 1. The number of amides is 1. The Morgan fingerprint density at radius 3 is 2.67 bits per heavy atom. The monoisotopic (exact) mass is 364 g/mol. The van der Waals surface area contributed by atoms with Crippen LogP contribution in [0, 0.1) is 12.8 Å². The lowest BCUT2D eigenvalue weighted by Crippen LogP contribution is -2.27. The fourth-order valence-corrected chi connectivity index (χ4v) is 4.24. The molecule has 3 heterocycles. The average Bonchev–Trinajstić information content (AvgIpc) is 3.20. The zero-order chi connectivity index (χ0) is 18.6. The fraction of sp³-hybridized carbons (Fsp3) is 0.455. The topological polar surface area (TPSA) is 57.3 Å². The largest absolute Gasteiger partial charge is 0.369 e. The molecule has 0 radical (unpaired) electrons. The molecular weight excluding hydrogens is 336 g/mol. The van der Waals surface area contributed by atoms with Gasteiger partial charge in [0.25, 0.3) is 0 Å². The Balaban J connectivity index is 1.35. The summed E-state index contributed by atoms with van der Waals surface area (Å²) in [6.45, 7) is 5.87. The van der Waals surface area contributed by atoms with Gasteiger partial charge in [0.1, 0.15) is 0 Å². The van der Waals surface area contributed by atoms with Gasteiger partial charge in [0, 0.05) is 25.0 Å². The summed E-state index contributed by atoms with van der Waals surface area (Å²) in [6.07, 6.45) is 5.08. The molecule has 27 heavy (non-hydrogen) atoms. The first-order valence-electron chi connectivity index (χ1n) is 9.99. The van der Waals surface area contributed by atoms with Gasteiger partial charge in [0.15, 0.2) is 0 Å². The smallest absolute Gasteiger partial charge is 0.229 e. The molecule has 0 unspecified atom stereocenters. The molecule has 2 aliphatic heterocycles. The predicted octanol–water partition coefficient (Wildman–Crippen LogP) is 3.32. The van der Waals surface area contributed by atoms with Gasteiger partial charge in [-0.05, 0) is 75.0 Å². The zero-order valence-corrected chi connectivity index (χ0v) is 15.9. The third kappa shape index (κ3) is 4.14. The van der Waals surface area contributed by atoms with Gasteiger partial charge < -0.3 is 15.5 Å². The van der Waals surface area contributed by atoms with Gasteiger partial charge in [0.2, 0.25) is 5.91 Å². The van der Waals surface area contributed by atoms with E-state index in [1.165, 1.54) is 18.4 Å². The second-order valence-corrected chi connectivity index (χ2v) is 7.68. The van der Waals surface area contributed by atoms with Gasteiger partial charge in [-0.25, -0.2) is 0 Å². The van der Waals surface area contributed by atoms with Crippen LogP contribution in [0.25, 0.3) is 0 Å². The van der Waals surface area contributed by atoms with Crippen LogP contribution in [0.5, 0.6) is 0 Å². The lowest BCUT2D eigenvalue weighted by molar-refractivity contribution is -0.119. The first-order chi connectivity index (χ1) is 13.2. The van der Waals surface area contributed by atoms with Crippen molar-refractivity contribution in [3.63, 3.8) is 0 Å². The minimum Gasteiger partial charge on any atom is -0.369 e. The number of nitrogens with one attached hydrogen (secondary N) is 2. The number of hydrogen-bond acceptors (Lipinski definition) is 4. The van der Waals surface area contributed by atoms with Crippen molar-refractivity contribution in [3.8, 4) is 0 Å². The molecule has 142 valence electrons. The van der Waals surface area contributed by atoms with Gasteiger partial charge in [-0.1, -0.05) is 12.1 Å². The van der Waals surface area contributed by atoms with Gasteiger partial charge in [-0.3, -0.25) is 9.78 Å². The number of benzene rings is 1. The number of nitrogens with zero attached hydrogens (tertiary/aromatic N) is 2. The second-order valence-electron chi connectivity index (χ2n) is 7.68. The zero-order valence-electron chi connectivity index (χ0n) is 15.9. The summed E-state index contributed by atoms with van der Waals surface area (Å²) in [5.41, 5.74) is 4.44. The van der Waals surface area contributed by atoms with Gasteiger partial charge in [0.05, 0.1) is 17.3 Å². The van der Waals surface area contributed by atoms with E-state index in [9.17, 15) is 4.79 Å². The second kappa shape index (κ2) is 8.09. The van der Waals surface area contributed by atoms with Crippen LogP contribution in [0.4, 0.5) is 11.4 Å². The van der Waals surface area contributed by atoms with Crippen LogP contribution >= 0.6 is 0 Å². The summed E-state index contributed by atoms with van der Waals surface area (Å²) < 4.78 is 0. The summed E-state index contributed by atoms with van der Waals surface area (Å²) in [7, 11) is 0. The van der Waals surface area contributed by atoms with E-state index < -0.39 is 0 Å². The van der Waals surface area contributed by atoms with E-state index >= 15 is 0 Å². The van der Waals surface area contributed by atoms with Crippen molar-refractivity contribution in [2.75, 3.05) is 36.4 Å². The van der Waals surface area contributed by atoms with Crippen LogP contribution in [0.2, 0.25) is 0 Å². The molecule has 5 nitrogen and oxygen atoms in total.